The highest BCUT2D eigenvalue weighted by Gasteiger charge is 2.08. The van der Waals surface area contributed by atoms with Gasteiger partial charge in [0, 0.05) is 25.0 Å². The third kappa shape index (κ3) is 8.94. The average molecular weight is 331 g/mol. The van der Waals surface area contributed by atoms with Crippen LogP contribution in [0.2, 0.25) is 0 Å². The zero-order valence-electron chi connectivity index (χ0n) is 14.0. The first-order chi connectivity index (χ1) is 11.6. The highest BCUT2D eigenvalue weighted by molar-refractivity contribution is 5.72. The number of benzene rings is 1. The number of carbonyl (C=O) groups is 1. The van der Waals surface area contributed by atoms with E-state index in [-0.39, 0.29) is 11.7 Å². The maximum Gasteiger partial charge on any atom is 0.311 e. The number of nitro benzene ring substituents is 1. The summed E-state index contributed by atoms with van der Waals surface area (Å²) < 4.78 is 5.15. The molecule has 24 heavy (non-hydrogen) atoms. The summed E-state index contributed by atoms with van der Waals surface area (Å²) in [5.74, 6) is 2.70. The maximum absolute atomic E-state index is 11.7. The number of terminal acetylenes is 1. The molecule has 130 valence electrons. The number of hydrogen-bond donors (Lipinski definition) is 0. The van der Waals surface area contributed by atoms with Crippen molar-refractivity contribution in [2.45, 2.75) is 64.2 Å². The van der Waals surface area contributed by atoms with Crippen LogP contribution in [0.5, 0.6) is 5.75 Å². The molecule has 0 saturated carbocycles. The average Bonchev–Trinajstić information content (AvgIpc) is 2.57. The summed E-state index contributed by atoms with van der Waals surface area (Å²) in [5.41, 5.74) is -0.0194. The van der Waals surface area contributed by atoms with Gasteiger partial charge in [0.05, 0.1) is 4.92 Å². The summed E-state index contributed by atoms with van der Waals surface area (Å²) in [5, 5.41) is 10.5. The Labute approximate surface area is 143 Å². The van der Waals surface area contributed by atoms with E-state index < -0.39 is 4.92 Å². The molecule has 0 unspecified atom stereocenters. The molecule has 0 spiro atoms. The second kappa shape index (κ2) is 12.1. The fourth-order valence-electron chi connectivity index (χ4n) is 2.38. The number of nitrogens with zero attached hydrogens (tertiary/aromatic N) is 1. The van der Waals surface area contributed by atoms with E-state index in [1.165, 1.54) is 49.9 Å². The van der Waals surface area contributed by atoms with Crippen LogP contribution in [-0.2, 0) is 4.79 Å². The van der Waals surface area contributed by atoms with Crippen LogP contribution in [0.15, 0.2) is 24.3 Å². The van der Waals surface area contributed by atoms with Crippen molar-refractivity contribution in [1.82, 2.24) is 0 Å². The van der Waals surface area contributed by atoms with Crippen LogP contribution in [0, 0.1) is 22.5 Å². The van der Waals surface area contributed by atoms with Crippen LogP contribution in [-0.4, -0.2) is 10.9 Å². The van der Waals surface area contributed by atoms with Crippen LogP contribution in [0.4, 0.5) is 5.69 Å². The molecule has 0 aromatic heterocycles. The Hall–Kier alpha value is -2.35. The molecule has 0 N–H and O–H groups in total. The number of ether oxygens (including phenoxy) is 1. The van der Waals surface area contributed by atoms with Gasteiger partial charge in [-0.1, -0.05) is 38.5 Å². The van der Waals surface area contributed by atoms with Crippen molar-refractivity contribution in [3.8, 4) is 18.1 Å². The molecule has 0 fully saturated rings. The first-order valence-electron chi connectivity index (χ1n) is 8.52. The molecule has 0 heterocycles. The van der Waals surface area contributed by atoms with E-state index in [9.17, 15) is 14.9 Å². The third-order valence-corrected chi connectivity index (χ3v) is 3.73. The minimum Gasteiger partial charge on any atom is -0.427 e. The van der Waals surface area contributed by atoms with E-state index in [2.05, 4.69) is 5.92 Å². The van der Waals surface area contributed by atoms with Gasteiger partial charge in [0.1, 0.15) is 5.75 Å². The van der Waals surface area contributed by atoms with Crippen molar-refractivity contribution >= 4 is 11.7 Å². The van der Waals surface area contributed by atoms with Gasteiger partial charge in [-0.15, -0.1) is 12.3 Å². The van der Waals surface area contributed by atoms with E-state index in [1.807, 2.05) is 0 Å². The molecule has 0 aliphatic rings. The largest absolute Gasteiger partial charge is 0.427 e. The van der Waals surface area contributed by atoms with Crippen molar-refractivity contribution < 1.29 is 14.5 Å². The Kier molecular flexibility index (Phi) is 9.95. The summed E-state index contributed by atoms with van der Waals surface area (Å²) in [6, 6.07) is 5.53. The smallest absolute Gasteiger partial charge is 0.311 e. The van der Waals surface area contributed by atoms with Crippen LogP contribution < -0.4 is 4.74 Å². The molecule has 1 aromatic rings. The van der Waals surface area contributed by atoms with Gasteiger partial charge in [0.25, 0.3) is 5.69 Å². The molecule has 0 aliphatic carbocycles. The standard InChI is InChI=1S/C19H25NO4/c1-2-3-4-5-6-7-8-9-10-11-12-19(21)24-18-15-13-17(14-16-18)20(22)23/h1,13-16H,3-12H2. The summed E-state index contributed by atoms with van der Waals surface area (Å²) in [6.45, 7) is 0. The SMILES string of the molecule is C#CCCCCCCCCCCC(=O)Oc1ccc([N+](=O)[O-])cc1. The lowest BCUT2D eigenvalue weighted by Crippen LogP contribution is -2.07. The van der Waals surface area contributed by atoms with Crippen LogP contribution in [0.3, 0.4) is 0 Å². The zero-order valence-corrected chi connectivity index (χ0v) is 14.0. The summed E-state index contributed by atoms with van der Waals surface area (Å²) in [7, 11) is 0. The zero-order chi connectivity index (χ0) is 17.6. The fourth-order valence-corrected chi connectivity index (χ4v) is 2.38. The Morgan fingerprint density at radius 1 is 1.00 bits per heavy atom. The van der Waals surface area contributed by atoms with Crippen molar-refractivity contribution in [2.24, 2.45) is 0 Å². The van der Waals surface area contributed by atoms with E-state index in [0.29, 0.717) is 12.2 Å². The first-order valence-corrected chi connectivity index (χ1v) is 8.52. The number of unbranched alkanes of at least 4 members (excludes halogenated alkanes) is 8. The van der Waals surface area contributed by atoms with Gasteiger partial charge in [-0.3, -0.25) is 14.9 Å². The van der Waals surface area contributed by atoms with Crippen molar-refractivity contribution in [3.63, 3.8) is 0 Å². The number of carbonyl (C=O) groups excluding carboxylic acids is 1. The van der Waals surface area contributed by atoms with Gasteiger partial charge in [0.2, 0.25) is 0 Å². The number of rotatable bonds is 12. The van der Waals surface area contributed by atoms with Gasteiger partial charge in [-0.25, -0.2) is 0 Å². The van der Waals surface area contributed by atoms with Gasteiger partial charge in [-0.05, 0) is 25.0 Å². The van der Waals surface area contributed by atoms with Gasteiger partial charge in [-0.2, -0.15) is 0 Å². The molecule has 0 amide bonds. The Morgan fingerprint density at radius 3 is 2.08 bits per heavy atom. The molecule has 1 aromatic carbocycles. The third-order valence-electron chi connectivity index (χ3n) is 3.73. The number of non-ortho nitro benzene ring substituents is 1. The predicted octanol–water partition coefficient (Wildman–Crippen LogP) is 5.03. The van der Waals surface area contributed by atoms with Gasteiger partial charge in [0.15, 0.2) is 0 Å². The molecular formula is C19H25NO4. The topological polar surface area (TPSA) is 69.4 Å². The monoisotopic (exact) mass is 331 g/mol. The second-order valence-electron chi connectivity index (χ2n) is 5.76. The molecule has 5 nitrogen and oxygen atoms in total. The highest BCUT2D eigenvalue weighted by atomic mass is 16.6. The van der Waals surface area contributed by atoms with Crippen molar-refractivity contribution in [2.75, 3.05) is 0 Å². The van der Waals surface area contributed by atoms with Crippen LogP contribution >= 0.6 is 0 Å². The minimum absolute atomic E-state index is 0.0194. The maximum atomic E-state index is 11.7. The van der Waals surface area contributed by atoms with E-state index >= 15 is 0 Å². The number of hydrogen-bond acceptors (Lipinski definition) is 4. The first kappa shape index (κ1) is 19.7. The molecule has 0 bridgehead atoms. The second-order valence-corrected chi connectivity index (χ2v) is 5.76. The lowest BCUT2D eigenvalue weighted by atomic mass is 10.1. The normalized spacial score (nSPS) is 10.1. The Balaban J connectivity index is 2.04. The lowest BCUT2D eigenvalue weighted by Gasteiger charge is -2.04. The van der Waals surface area contributed by atoms with Crippen LogP contribution in [0.1, 0.15) is 64.2 Å². The van der Waals surface area contributed by atoms with Crippen LogP contribution in [0.25, 0.3) is 0 Å². The van der Waals surface area contributed by atoms with Gasteiger partial charge >= 0.3 is 5.97 Å². The lowest BCUT2D eigenvalue weighted by molar-refractivity contribution is -0.384. The summed E-state index contributed by atoms with van der Waals surface area (Å²) >= 11 is 0. The molecule has 5 heteroatoms. The van der Waals surface area contributed by atoms with E-state index in [1.54, 1.807) is 0 Å². The van der Waals surface area contributed by atoms with Crippen molar-refractivity contribution in [1.29, 1.82) is 0 Å². The van der Waals surface area contributed by atoms with Gasteiger partial charge < -0.3 is 4.74 Å². The molecule has 1 rings (SSSR count). The fraction of sp³-hybridized carbons (Fsp3) is 0.526. The molecular weight excluding hydrogens is 306 g/mol. The van der Waals surface area contributed by atoms with E-state index in [0.717, 1.165) is 32.1 Å². The summed E-state index contributed by atoms with van der Waals surface area (Å²) in [4.78, 5) is 21.7. The predicted molar refractivity (Wildman–Crippen MR) is 93.7 cm³/mol. The minimum atomic E-state index is -0.485. The molecule has 0 atom stereocenters. The quantitative estimate of drug-likeness (QED) is 0.134. The highest BCUT2D eigenvalue weighted by Crippen LogP contribution is 2.18. The Morgan fingerprint density at radius 2 is 1.54 bits per heavy atom. The number of esters is 1. The van der Waals surface area contributed by atoms with Crippen molar-refractivity contribution in [3.05, 3.63) is 34.4 Å². The Bertz CT molecular complexity index is 545. The molecule has 0 radical (unpaired) electrons. The van der Waals surface area contributed by atoms with E-state index in [4.69, 9.17) is 11.2 Å². The molecule has 0 aliphatic heterocycles. The number of nitro groups is 1. The summed E-state index contributed by atoms with van der Waals surface area (Å²) in [6.07, 6.45) is 15.3. The molecule has 0 saturated heterocycles.